The van der Waals surface area contributed by atoms with E-state index in [2.05, 4.69) is 0 Å². The summed E-state index contributed by atoms with van der Waals surface area (Å²) in [6, 6.07) is 1.86. The van der Waals surface area contributed by atoms with Crippen molar-refractivity contribution in [2.24, 2.45) is 0 Å². The molecule has 32 heavy (non-hydrogen) atoms. The van der Waals surface area contributed by atoms with Crippen molar-refractivity contribution in [3.05, 3.63) is 35.4 Å². The summed E-state index contributed by atoms with van der Waals surface area (Å²) in [4.78, 5) is 40.5. The number of hydrogen-bond acceptors (Lipinski definition) is 5. The average Bonchev–Trinajstić information content (AvgIpc) is 3.09. The molecule has 0 aliphatic carbocycles. The summed E-state index contributed by atoms with van der Waals surface area (Å²) < 4.78 is 39.3. The second kappa shape index (κ2) is 8.42. The standard InChI is InChI=1S/C23H30F2N2O5/c1-13(28)27-19(9-14-7-15(24)10-16(25)8-14)20(31-23(27,5)6)18-11-17(29)12-26(18)21(30)32-22(2,3)4/h7-8,10,18-20H,9,11-12H2,1-6H3/t18?,19-,20+/m0/s1. The van der Waals surface area contributed by atoms with Crippen molar-refractivity contribution in [1.82, 2.24) is 9.80 Å². The lowest BCUT2D eigenvalue weighted by Gasteiger charge is -2.34. The zero-order chi connectivity index (χ0) is 24.0. The number of carbonyl (C=O) groups is 3. The zero-order valence-electron chi connectivity index (χ0n) is 19.3. The Morgan fingerprint density at radius 1 is 1.19 bits per heavy atom. The number of amides is 2. The van der Waals surface area contributed by atoms with Crippen LogP contribution in [0.4, 0.5) is 13.6 Å². The molecule has 0 saturated carbocycles. The Bertz CT molecular complexity index is 907. The lowest BCUT2D eigenvalue weighted by atomic mass is 9.94. The average molecular weight is 452 g/mol. The molecule has 0 bridgehead atoms. The number of Topliss-reactive ketones (excluding diaryl/α,β-unsaturated/α-hetero) is 1. The van der Waals surface area contributed by atoms with Gasteiger partial charge in [-0.2, -0.15) is 0 Å². The second-order valence-electron chi connectivity index (χ2n) is 9.89. The molecule has 2 heterocycles. The van der Waals surface area contributed by atoms with Gasteiger partial charge in [-0.25, -0.2) is 13.6 Å². The molecule has 0 radical (unpaired) electrons. The molecule has 2 fully saturated rings. The number of carbonyl (C=O) groups excluding carboxylic acids is 3. The highest BCUT2D eigenvalue weighted by molar-refractivity contribution is 5.88. The molecule has 0 spiro atoms. The third-order valence-corrected chi connectivity index (χ3v) is 5.61. The van der Waals surface area contributed by atoms with Gasteiger partial charge in [0.1, 0.15) is 29.1 Å². The molecule has 9 heteroatoms. The van der Waals surface area contributed by atoms with E-state index in [4.69, 9.17) is 9.47 Å². The van der Waals surface area contributed by atoms with Crippen LogP contribution in [0.25, 0.3) is 0 Å². The van der Waals surface area contributed by atoms with Gasteiger partial charge >= 0.3 is 6.09 Å². The SMILES string of the molecule is CC(=O)N1[C@@H](Cc2cc(F)cc(F)c2)[C@@H](C2CC(=O)CN2C(=O)OC(C)(C)C)OC1(C)C. The van der Waals surface area contributed by atoms with E-state index in [0.717, 1.165) is 6.07 Å². The topological polar surface area (TPSA) is 76.2 Å². The molecule has 2 aliphatic rings. The van der Waals surface area contributed by atoms with E-state index in [0.29, 0.717) is 5.56 Å². The van der Waals surface area contributed by atoms with Crippen LogP contribution in [0.3, 0.4) is 0 Å². The summed E-state index contributed by atoms with van der Waals surface area (Å²) >= 11 is 0. The van der Waals surface area contributed by atoms with Crippen molar-refractivity contribution >= 4 is 17.8 Å². The summed E-state index contributed by atoms with van der Waals surface area (Å²) in [5.74, 6) is -1.89. The Labute approximate surface area is 186 Å². The maximum atomic E-state index is 13.8. The first-order valence-corrected chi connectivity index (χ1v) is 10.6. The Morgan fingerprint density at radius 3 is 2.31 bits per heavy atom. The van der Waals surface area contributed by atoms with Crippen LogP contribution < -0.4 is 0 Å². The molecule has 176 valence electrons. The summed E-state index contributed by atoms with van der Waals surface area (Å²) in [5, 5.41) is 0. The number of benzene rings is 1. The minimum atomic E-state index is -1.04. The molecule has 1 aromatic rings. The maximum Gasteiger partial charge on any atom is 0.411 e. The third-order valence-electron chi connectivity index (χ3n) is 5.61. The molecule has 2 saturated heterocycles. The van der Waals surface area contributed by atoms with E-state index in [1.807, 2.05) is 0 Å². The highest BCUT2D eigenvalue weighted by Gasteiger charge is 2.55. The van der Waals surface area contributed by atoms with E-state index in [1.165, 1.54) is 28.9 Å². The molecular weight excluding hydrogens is 422 g/mol. The quantitative estimate of drug-likeness (QED) is 0.702. The zero-order valence-corrected chi connectivity index (χ0v) is 19.3. The van der Waals surface area contributed by atoms with Crippen LogP contribution in [0.15, 0.2) is 18.2 Å². The van der Waals surface area contributed by atoms with E-state index in [9.17, 15) is 23.2 Å². The molecule has 7 nitrogen and oxygen atoms in total. The van der Waals surface area contributed by atoms with Gasteiger partial charge in [0.25, 0.3) is 0 Å². The molecule has 3 atom stereocenters. The fourth-order valence-corrected chi connectivity index (χ4v) is 4.67. The number of rotatable bonds is 3. The predicted octanol–water partition coefficient (Wildman–Crippen LogP) is 3.44. The van der Waals surface area contributed by atoms with E-state index >= 15 is 0 Å². The van der Waals surface area contributed by atoms with Crippen molar-refractivity contribution < 1.29 is 32.6 Å². The number of hydrogen-bond donors (Lipinski definition) is 0. The molecule has 1 unspecified atom stereocenters. The highest BCUT2D eigenvalue weighted by atomic mass is 19.1. The van der Waals surface area contributed by atoms with Gasteiger partial charge in [0.2, 0.25) is 5.91 Å². The Hall–Kier alpha value is -2.55. The van der Waals surface area contributed by atoms with Gasteiger partial charge < -0.3 is 14.4 Å². The largest absolute Gasteiger partial charge is 0.444 e. The van der Waals surface area contributed by atoms with Crippen LogP contribution >= 0.6 is 0 Å². The minimum Gasteiger partial charge on any atom is -0.444 e. The first-order valence-electron chi connectivity index (χ1n) is 10.6. The fraction of sp³-hybridized carbons (Fsp3) is 0.609. The lowest BCUT2D eigenvalue weighted by molar-refractivity contribution is -0.146. The predicted molar refractivity (Wildman–Crippen MR) is 112 cm³/mol. The Balaban J connectivity index is 1.98. The van der Waals surface area contributed by atoms with Crippen molar-refractivity contribution in [2.75, 3.05) is 6.54 Å². The highest BCUT2D eigenvalue weighted by Crippen LogP contribution is 2.39. The number of likely N-dealkylation sites (tertiary alicyclic amines) is 1. The normalized spacial score (nSPS) is 25.4. The van der Waals surface area contributed by atoms with Crippen molar-refractivity contribution in [1.29, 1.82) is 0 Å². The van der Waals surface area contributed by atoms with Gasteiger partial charge in [-0.15, -0.1) is 0 Å². The molecule has 0 aromatic heterocycles. The smallest absolute Gasteiger partial charge is 0.411 e. The number of ketones is 1. The van der Waals surface area contributed by atoms with Crippen molar-refractivity contribution in [3.8, 4) is 0 Å². The molecule has 0 N–H and O–H groups in total. The van der Waals surface area contributed by atoms with Gasteiger partial charge in [0.15, 0.2) is 5.78 Å². The fourth-order valence-electron chi connectivity index (χ4n) is 4.67. The molecule has 2 amide bonds. The van der Waals surface area contributed by atoms with Gasteiger partial charge in [-0.1, -0.05) is 0 Å². The second-order valence-corrected chi connectivity index (χ2v) is 9.89. The maximum absolute atomic E-state index is 13.8. The lowest BCUT2D eigenvalue weighted by Crippen LogP contribution is -2.52. The monoisotopic (exact) mass is 452 g/mol. The van der Waals surface area contributed by atoms with Crippen LogP contribution in [-0.2, 0) is 25.5 Å². The number of nitrogens with zero attached hydrogens (tertiary/aromatic N) is 2. The van der Waals surface area contributed by atoms with Gasteiger partial charge in [0, 0.05) is 19.4 Å². The van der Waals surface area contributed by atoms with E-state index < -0.39 is 47.2 Å². The van der Waals surface area contributed by atoms with Crippen LogP contribution in [0.2, 0.25) is 0 Å². The summed E-state index contributed by atoms with van der Waals surface area (Å²) in [7, 11) is 0. The molecule has 3 rings (SSSR count). The number of ether oxygens (including phenoxy) is 2. The van der Waals surface area contributed by atoms with Crippen molar-refractivity contribution in [2.45, 2.75) is 83.9 Å². The summed E-state index contributed by atoms with van der Waals surface area (Å²) in [6.45, 7) is 9.87. The van der Waals surface area contributed by atoms with Crippen LogP contribution in [0, 0.1) is 11.6 Å². The first-order chi connectivity index (χ1) is 14.7. The Morgan fingerprint density at radius 2 is 1.78 bits per heavy atom. The summed E-state index contributed by atoms with van der Waals surface area (Å²) in [5.41, 5.74) is -1.45. The number of halogens is 2. The third kappa shape index (κ3) is 5.09. The van der Waals surface area contributed by atoms with Gasteiger partial charge in [-0.05, 0) is 58.7 Å². The van der Waals surface area contributed by atoms with E-state index in [-0.39, 0.29) is 31.1 Å². The van der Waals surface area contributed by atoms with Gasteiger partial charge in [0.05, 0.1) is 18.6 Å². The minimum absolute atomic E-state index is 0.0414. The summed E-state index contributed by atoms with van der Waals surface area (Å²) in [6.07, 6.45) is -1.26. The van der Waals surface area contributed by atoms with Crippen LogP contribution in [0.1, 0.15) is 53.5 Å². The van der Waals surface area contributed by atoms with Crippen molar-refractivity contribution in [3.63, 3.8) is 0 Å². The Kier molecular flexibility index (Phi) is 6.34. The van der Waals surface area contributed by atoms with Crippen LogP contribution in [-0.4, -0.2) is 63.6 Å². The van der Waals surface area contributed by atoms with Gasteiger partial charge in [-0.3, -0.25) is 14.5 Å². The molecule has 1 aromatic carbocycles. The molecule has 2 aliphatic heterocycles. The van der Waals surface area contributed by atoms with E-state index in [1.54, 1.807) is 34.6 Å². The molecular formula is C23H30F2N2O5. The van der Waals surface area contributed by atoms with Crippen LogP contribution in [0.5, 0.6) is 0 Å². The first kappa shape index (κ1) is 24.1.